The lowest BCUT2D eigenvalue weighted by atomic mass is 10.0. The van der Waals surface area contributed by atoms with Crippen LogP contribution < -0.4 is 0 Å². The first-order valence-electron chi connectivity index (χ1n) is 11.4. The number of nitrogens with zero attached hydrogens (tertiary/aromatic N) is 3. The molecule has 0 aliphatic carbocycles. The van der Waals surface area contributed by atoms with E-state index < -0.39 is 0 Å². The Hall–Kier alpha value is -4.83. The van der Waals surface area contributed by atoms with Crippen molar-refractivity contribution >= 4 is 10.8 Å². The van der Waals surface area contributed by atoms with Gasteiger partial charge in [-0.15, -0.1) is 0 Å². The number of rotatable bonds is 4. The molecule has 0 amide bonds. The van der Waals surface area contributed by atoms with Crippen LogP contribution >= 0.6 is 0 Å². The number of hydrogen-bond donors (Lipinski definition) is 1. The largest absolute Gasteiger partial charge is 0.507 e. The molecule has 6 aromatic rings. The first kappa shape index (κ1) is 20.8. The molecule has 0 saturated carbocycles. The molecule has 0 spiro atoms. The van der Waals surface area contributed by atoms with E-state index in [1.807, 2.05) is 91.0 Å². The van der Waals surface area contributed by atoms with Crippen LogP contribution in [0.25, 0.3) is 56.1 Å². The Morgan fingerprint density at radius 2 is 0.886 bits per heavy atom. The van der Waals surface area contributed by atoms with Crippen molar-refractivity contribution in [2.45, 2.75) is 0 Å². The molecule has 6 rings (SSSR count). The summed E-state index contributed by atoms with van der Waals surface area (Å²) in [5.74, 6) is 1.69. The molecular formula is C31H21N3O. The molecule has 0 aliphatic heterocycles. The second-order valence-corrected chi connectivity index (χ2v) is 8.30. The van der Waals surface area contributed by atoms with Gasteiger partial charge < -0.3 is 5.11 Å². The van der Waals surface area contributed by atoms with Gasteiger partial charge in [-0.2, -0.15) is 0 Å². The molecule has 0 saturated heterocycles. The van der Waals surface area contributed by atoms with E-state index in [2.05, 4.69) is 24.3 Å². The third-order valence-corrected chi connectivity index (χ3v) is 6.05. The molecular weight excluding hydrogens is 430 g/mol. The maximum absolute atomic E-state index is 10.8. The van der Waals surface area contributed by atoms with Gasteiger partial charge in [0.05, 0.1) is 5.56 Å². The van der Waals surface area contributed by atoms with Crippen molar-refractivity contribution in [3.63, 3.8) is 0 Å². The van der Waals surface area contributed by atoms with Crippen LogP contribution in [0.15, 0.2) is 121 Å². The Bertz CT molecular complexity index is 1630. The molecule has 0 unspecified atom stereocenters. The molecule has 0 bridgehead atoms. The number of phenols is 1. The molecule has 1 N–H and O–H groups in total. The summed E-state index contributed by atoms with van der Waals surface area (Å²) in [6.45, 7) is 0. The average molecular weight is 452 g/mol. The Labute approximate surface area is 203 Å². The molecule has 35 heavy (non-hydrogen) atoms. The maximum Gasteiger partial charge on any atom is 0.168 e. The molecule has 4 heteroatoms. The van der Waals surface area contributed by atoms with Crippen molar-refractivity contribution in [1.82, 2.24) is 15.0 Å². The van der Waals surface area contributed by atoms with Crippen molar-refractivity contribution in [3.8, 4) is 51.0 Å². The van der Waals surface area contributed by atoms with E-state index in [4.69, 9.17) is 15.0 Å². The highest BCUT2D eigenvalue weighted by atomic mass is 16.3. The van der Waals surface area contributed by atoms with Crippen LogP contribution in [0.4, 0.5) is 0 Å². The summed E-state index contributed by atoms with van der Waals surface area (Å²) in [7, 11) is 0. The second kappa shape index (κ2) is 8.84. The standard InChI is InChI=1S/C31H21N3O/c35-27-20-19-23-11-7-8-14-26(23)28(27)31-33-29(24-12-5-2-6-13-24)32-30(34-31)25-17-15-22(16-18-25)21-9-3-1-4-10-21/h1-20,35H. The highest BCUT2D eigenvalue weighted by molar-refractivity contribution is 5.98. The van der Waals surface area contributed by atoms with Gasteiger partial charge in [0, 0.05) is 11.1 Å². The van der Waals surface area contributed by atoms with Crippen molar-refractivity contribution in [1.29, 1.82) is 0 Å². The molecule has 5 aromatic carbocycles. The van der Waals surface area contributed by atoms with E-state index >= 15 is 0 Å². The average Bonchev–Trinajstić information content (AvgIpc) is 2.94. The Kier molecular flexibility index (Phi) is 5.24. The van der Waals surface area contributed by atoms with Crippen LogP contribution in [0.1, 0.15) is 0 Å². The van der Waals surface area contributed by atoms with Crippen LogP contribution in [-0.4, -0.2) is 20.1 Å². The van der Waals surface area contributed by atoms with E-state index in [9.17, 15) is 5.11 Å². The molecule has 1 aromatic heterocycles. The first-order chi connectivity index (χ1) is 17.3. The maximum atomic E-state index is 10.8. The third-order valence-electron chi connectivity index (χ3n) is 6.05. The summed E-state index contributed by atoms with van der Waals surface area (Å²) in [5, 5.41) is 12.7. The summed E-state index contributed by atoms with van der Waals surface area (Å²) in [6, 6.07) is 39.8. The number of fused-ring (bicyclic) bond motifs is 1. The van der Waals surface area contributed by atoms with Gasteiger partial charge >= 0.3 is 0 Å². The van der Waals surface area contributed by atoms with Crippen molar-refractivity contribution in [2.24, 2.45) is 0 Å². The minimum absolute atomic E-state index is 0.138. The van der Waals surface area contributed by atoms with E-state index in [1.165, 1.54) is 0 Å². The minimum Gasteiger partial charge on any atom is -0.507 e. The topological polar surface area (TPSA) is 58.9 Å². The summed E-state index contributed by atoms with van der Waals surface area (Å²) < 4.78 is 0. The molecule has 4 nitrogen and oxygen atoms in total. The number of aromatic nitrogens is 3. The minimum atomic E-state index is 0.138. The van der Waals surface area contributed by atoms with Gasteiger partial charge in [-0.05, 0) is 28.0 Å². The Balaban J connectivity index is 1.54. The number of hydrogen-bond acceptors (Lipinski definition) is 4. The van der Waals surface area contributed by atoms with Gasteiger partial charge in [0.1, 0.15) is 5.75 Å². The van der Waals surface area contributed by atoms with Gasteiger partial charge in [0.2, 0.25) is 0 Å². The van der Waals surface area contributed by atoms with E-state index in [1.54, 1.807) is 6.07 Å². The third kappa shape index (κ3) is 4.02. The summed E-state index contributed by atoms with van der Waals surface area (Å²) in [6.07, 6.45) is 0. The second-order valence-electron chi connectivity index (χ2n) is 8.30. The van der Waals surface area contributed by atoms with Crippen LogP contribution in [0, 0.1) is 0 Å². The lowest BCUT2D eigenvalue weighted by molar-refractivity contribution is 0.477. The summed E-state index contributed by atoms with van der Waals surface area (Å²) in [4.78, 5) is 14.4. The fraction of sp³-hybridized carbons (Fsp3) is 0. The predicted molar refractivity (Wildman–Crippen MR) is 141 cm³/mol. The van der Waals surface area contributed by atoms with Crippen LogP contribution in [-0.2, 0) is 0 Å². The molecule has 166 valence electrons. The van der Waals surface area contributed by atoms with E-state index in [0.29, 0.717) is 23.0 Å². The van der Waals surface area contributed by atoms with Crippen molar-refractivity contribution in [3.05, 3.63) is 121 Å². The summed E-state index contributed by atoms with van der Waals surface area (Å²) >= 11 is 0. The monoisotopic (exact) mass is 451 g/mol. The normalized spacial score (nSPS) is 11.0. The van der Waals surface area contributed by atoms with Gasteiger partial charge in [0.25, 0.3) is 0 Å². The fourth-order valence-electron chi connectivity index (χ4n) is 4.27. The highest BCUT2D eigenvalue weighted by Gasteiger charge is 2.17. The number of phenolic OH excluding ortho intramolecular Hbond substituents is 1. The van der Waals surface area contributed by atoms with Gasteiger partial charge in [-0.25, -0.2) is 15.0 Å². The zero-order valence-electron chi connectivity index (χ0n) is 18.8. The quantitative estimate of drug-likeness (QED) is 0.303. The summed E-state index contributed by atoms with van der Waals surface area (Å²) in [5.41, 5.74) is 4.65. The van der Waals surface area contributed by atoms with Gasteiger partial charge in [-0.3, -0.25) is 0 Å². The molecule has 0 radical (unpaired) electrons. The Morgan fingerprint density at radius 3 is 1.57 bits per heavy atom. The highest BCUT2D eigenvalue weighted by Crippen LogP contribution is 2.36. The smallest absolute Gasteiger partial charge is 0.168 e. The van der Waals surface area contributed by atoms with Crippen molar-refractivity contribution in [2.75, 3.05) is 0 Å². The molecule has 0 aliphatic rings. The first-order valence-corrected chi connectivity index (χ1v) is 11.4. The Morgan fingerprint density at radius 1 is 0.400 bits per heavy atom. The van der Waals surface area contributed by atoms with Gasteiger partial charge in [-0.1, -0.05) is 115 Å². The zero-order chi connectivity index (χ0) is 23.6. The van der Waals surface area contributed by atoms with E-state index in [-0.39, 0.29) is 5.75 Å². The molecule has 0 atom stereocenters. The molecule has 1 heterocycles. The van der Waals surface area contributed by atoms with Gasteiger partial charge in [0.15, 0.2) is 17.5 Å². The molecule has 0 fully saturated rings. The lowest BCUT2D eigenvalue weighted by Crippen LogP contribution is -2.00. The zero-order valence-corrected chi connectivity index (χ0v) is 18.8. The lowest BCUT2D eigenvalue weighted by Gasteiger charge is -2.12. The van der Waals surface area contributed by atoms with Crippen LogP contribution in [0.5, 0.6) is 5.75 Å². The van der Waals surface area contributed by atoms with Crippen LogP contribution in [0.3, 0.4) is 0 Å². The fourth-order valence-corrected chi connectivity index (χ4v) is 4.27. The SMILES string of the molecule is Oc1ccc2ccccc2c1-c1nc(-c2ccccc2)nc(-c2ccc(-c3ccccc3)cc2)n1. The number of benzene rings is 5. The number of aromatic hydroxyl groups is 1. The van der Waals surface area contributed by atoms with E-state index in [0.717, 1.165) is 33.0 Å². The predicted octanol–water partition coefficient (Wildman–Crippen LogP) is 7.40. The van der Waals surface area contributed by atoms with Crippen LogP contribution in [0.2, 0.25) is 0 Å². The van der Waals surface area contributed by atoms with Crippen molar-refractivity contribution < 1.29 is 5.11 Å².